The van der Waals surface area contributed by atoms with Gasteiger partial charge in [0.15, 0.2) is 0 Å². The number of para-hydroxylation sites is 1. The highest BCUT2D eigenvalue weighted by atomic mass is 79.9. The van der Waals surface area contributed by atoms with Crippen LogP contribution in [0.3, 0.4) is 0 Å². The van der Waals surface area contributed by atoms with Crippen LogP contribution < -0.4 is 10.1 Å². The van der Waals surface area contributed by atoms with Gasteiger partial charge in [-0.3, -0.25) is 0 Å². The van der Waals surface area contributed by atoms with Crippen LogP contribution in [-0.2, 0) is 6.54 Å². The van der Waals surface area contributed by atoms with Gasteiger partial charge in [-0.1, -0.05) is 18.2 Å². The van der Waals surface area contributed by atoms with Crippen LogP contribution in [0, 0.1) is 0 Å². The van der Waals surface area contributed by atoms with Crippen LogP contribution in [0.1, 0.15) is 4.88 Å². The smallest absolute Gasteiger partial charge is 0.127 e. The molecule has 2 aromatic carbocycles. The summed E-state index contributed by atoms with van der Waals surface area (Å²) in [6, 6.07) is 22.0. The molecule has 21 heavy (non-hydrogen) atoms. The lowest BCUT2D eigenvalue weighted by molar-refractivity contribution is 0.483. The van der Waals surface area contributed by atoms with Gasteiger partial charge in [0.25, 0.3) is 0 Å². The minimum atomic E-state index is 0.829. The largest absolute Gasteiger partial charge is 0.457 e. The van der Waals surface area contributed by atoms with Crippen LogP contribution in [-0.4, -0.2) is 0 Å². The molecule has 0 bridgehead atoms. The molecule has 1 N–H and O–H groups in total. The van der Waals surface area contributed by atoms with E-state index >= 15 is 0 Å². The summed E-state index contributed by atoms with van der Waals surface area (Å²) in [5.74, 6) is 1.69. The molecule has 1 aromatic heterocycles. The van der Waals surface area contributed by atoms with Gasteiger partial charge in [-0.25, -0.2) is 0 Å². The van der Waals surface area contributed by atoms with Crippen molar-refractivity contribution in [3.63, 3.8) is 0 Å². The quantitative estimate of drug-likeness (QED) is 0.610. The van der Waals surface area contributed by atoms with E-state index in [0.717, 1.165) is 27.5 Å². The highest BCUT2D eigenvalue weighted by Gasteiger charge is 1.99. The van der Waals surface area contributed by atoms with Crippen LogP contribution >= 0.6 is 27.3 Å². The SMILES string of the molecule is Brc1ccc(CNc2ccc(Oc3ccccc3)cc2)s1. The summed E-state index contributed by atoms with van der Waals surface area (Å²) in [6.07, 6.45) is 0. The first-order chi connectivity index (χ1) is 10.3. The minimum Gasteiger partial charge on any atom is -0.457 e. The summed E-state index contributed by atoms with van der Waals surface area (Å²) >= 11 is 5.22. The Bertz CT molecular complexity index is 694. The number of hydrogen-bond donors (Lipinski definition) is 1. The Labute approximate surface area is 136 Å². The third-order valence-electron chi connectivity index (χ3n) is 2.93. The van der Waals surface area contributed by atoms with Gasteiger partial charge >= 0.3 is 0 Å². The van der Waals surface area contributed by atoms with Crippen molar-refractivity contribution in [3.05, 3.63) is 75.4 Å². The standard InChI is InChI=1S/C17H14BrNOS/c18-17-11-10-16(21-17)12-19-13-6-8-15(9-7-13)20-14-4-2-1-3-5-14/h1-11,19H,12H2. The fourth-order valence-electron chi connectivity index (χ4n) is 1.90. The molecule has 4 heteroatoms. The van der Waals surface area contributed by atoms with Crippen molar-refractivity contribution in [1.29, 1.82) is 0 Å². The Balaban J connectivity index is 1.59. The molecular weight excluding hydrogens is 346 g/mol. The number of nitrogens with one attached hydrogen (secondary N) is 1. The van der Waals surface area contributed by atoms with E-state index in [4.69, 9.17) is 4.74 Å². The molecule has 106 valence electrons. The predicted molar refractivity (Wildman–Crippen MR) is 92.3 cm³/mol. The number of anilines is 1. The molecule has 0 aliphatic heterocycles. The summed E-state index contributed by atoms with van der Waals surface area (Å²) < 4.78 is 6.93. The van der Waals surface area contributed by atoms with E-state index in [-0.39, 0.29) is 0 Å². The Morgan fingerprint density at radius 2 is 1.57 bits per heavy atom. The van der Waals surface area contributed by atoms with Gasteiger partial charge in [0.1, 0.15) is 11.5 Å². The molecule has 1 heterocycles. The molecule has 0 atom stereocenters. The van der Waals surface area contributed by atoms with Crippen LogP contribution in [0.2, 0.25) is 0 Å². The molecular formula is C17H14BrNOS. The second-order valence-electron chi connectivity index (χ2n) is 4.50. The van der Waals surface area contributed by atoms with Crippen molar-refractivity contribution in [2.75, 3.05) is 5.32 Å². The molecule has 0 aliphatic carbocycles. The van der Waals surface area contributed by atoms with Gasteiger partial charge in [0.2, 0.25) is 0 Å². The average molecular weight is 360 g/mol. The van der Waals surface area contributed by atoms with Gasteiger partial charge in [-0.15, -0.1) is 11.3 Å². The number of thiophene rings is 1. The van der Waals surface area contributed by atoms with E-state index in [0.29, 0.717) is 0 Å². The zero-order valence-electron chi connectivity index (χ0n) is 11.3. The normalized spacial score (nSPS) is 10.3. The second-order valence-corrected chi connectivity index (χ2v) is 7.05. The molecule has 0 fully saturated rings. The predicted octanol–water partition coefficient (Wildman–Crippen LogP) is 5.92. The molecule has 0 aliphatic rings. The molecule has 0 radical (unpaired) electrons. The Morgan fingerprint density at radius 1 is 0.857 bits per heavy atom. The minimum absolute atomic E-state index is 0.829. The summed E-state index contributed by atoms with van der Waals surface area (Å²) in [4.78, 5) is 1.30. The maximum absolute atomic E-state index is 5.77. The second kappa shape index (κ2) is 6.78. The fourth-order valence-corrected chi connectivity index (χ4v) is 3.32. The van der Waals surface area contributed by atoms with Crippen LogP contribution in [0.25, 0.3) is 0 Å². The Kier molecular flexibility index (Phi) is 4.58. The summed E-state index contributed by atoms with van der Waals surface area (Å²) in [6.45, 7) is 0.829. The number of halogens is 1. The van der Waals surface area contributed by atoms with Crippen molar-refractivity contribution in [2.45, 2.75) is 6.54 Å². The van der Waals surface area contributed by atoms with E-state index in [9.17, 15) is 0 Å². The molecule has 0 saturated carbocycles. The lowest BCUT2D eigenvalue weighted by Gasteiger charge is -2.08. The highest BCUT2D eigenvalue weighted by Crippen LogP contribution is 2.25. The molecule has 0 saturated heterocycles. The average Bonchev–Trinajstić information content (AvgIpc) is 2.93. The zero-order chi connectivity index (χ0) is 14.5. The van der Waals surface area contributed by atoms with Gasteiger partial charge in [-0.05, 0) is 64.5 Å². The van der Waals surface area contributed by atoms with Crippen LogP contribution in [0.15, 0.2) is 70.5 Å². The fraction of sp³-hybridized carbons (Fsp3) is 0.0588. The first-order valence-electron chi connectivity index (χ1n) is 6.61. The van der Waals surface area contributed by atoms with Crippen molar-refractivity contribution in [1.82, 2.24) is 0 Å². The van der Waals surface area contributed by atoms with E-state index < -0.39 is 0 Å². The van der Waals surface area contributed by atoms with E-state index in [1.54, 1.807) is 11.3 Å². The summed E-state index contributed by atoms with van der Waals surface area (Å²) in [7, 11) is 0. The molecule has 0 amide bonds. The molecule has 3 aromatic rings. The van der Waals surface area contributed by atoms with E-state index in [1.165, 1.54) is 4.88 Å². The lowest BCUT2D eigenvalue weighted by atomic mass is 10.3. The third-order valence-corrected chi connectivity index (χ3v) is 4.55. The van der Waals surface area contributed by atoms with E-state index in [2.05, 4.69) is 33.4 Å². The lowest BCUT2D eigenvalue weighted by Crippen LogP contribution is -1.96. The monoisotopic (exact) mass is 359 g/mol. The number of ether oxygens (including phenoxy) is 1. The van der Waals surface area contributed by atoms with Crippen LogP contribution in [0.5, 0.6) is 11.5 Å². The number of benzene rings is 2. The summed E-state index contributed by atoms with van der Waals surface area (Å²) in [5.41, 5.74) is 1.08. The van der Waals surface area contributed by atoms with Crippen molar-refractivity contribution in [3.8, 4) is 11.5 Å². The maximum Gasteiger partial charge on any atom is 0.127 e. The van der Waals surface area contributed by atoms with Gasteiger partial charge in [-0.2, -0.15) is 0 Å². The van der Waals surface area contributed by atoms with Crippen molar-refractivity contribution < 1.29 is 4.74 Å². The Morgan fingerprint density at radius 3 is 2.24 bits per heavy atom. The number of rotatable bonds is 5. The van der Waals surface area contributed by atoms with Crippen LogP contribution in [0.4, 0.5) is 5.69 Å². The molecule has 0 unspecified atom stereocenters. The number of hydrogen-bond acceptors (Lipinski definition) is 3. The van der Waals surface area contributed by atoms with Gasteiger partial charge < -0.3 is 10.1 Å². The Hall–Kier alpha value is -1.78. The van der Waals surface area contributed by atoms with Crippen molar-refractivity contribution in [2.24, 2.45) is 0 Å². The third kappa shape index (κ3) is 4.09. The summed E-state index contributed by atoms with van der Waals surface area (Å²) in [5, 5.41) is 3.40. The first kappa shape index (κ1) is 14.2. The molecule has 2 nitrogen and oxygen atoms in total. The topological polar surface area (TPSA) is 21.3 Å². The van der Waals surface area contributed by atoms with Crippen molar-refractivity contribution >= 4 is 33.0 Å². The maximum atomic E-state index is 5.77. The van der Waals surface area contributed by atoms with E-state index in [1.807, 2.05) is 54.6 Å². The first-order valence-corrected chi connectivity index (χ1v) is 8.21. The van der Waals surface area contributed by atoms with Gasteiger partial charge in [0.05, 0.1) is 3.79 Å². The molecule has 0 spiro atoms. The highest BCUT2D eigenvalue weighted by molar-refractivity contribution is 9.11. The van der Waals surface area contributed by atoms with Gasteiger partial charge in [0, 0.05) is 17.1 Å². The zero-order valence-corrected chi connectivity index (χ0v) is 13.7. The molecule has 3 rings (SSSR count).